The lowest BCUT2D eigenvalue weighted by Gasteiger charge is -2.17. The number of halogens is 1. The molecule has 1 amide bonds. The van der Waals surface area contributed by atoms with Crippen molar-refractivity contribution in [1.82, 2.24) is 5.32 Å². The van der Waals surface area contributed by atoms with Crippen LogP contribution in [0, 0.1) is 5.41 Å². The first kappa shape index (κ1) is 13.1. The van der Waals surface area contributed by atoms with E-state index < -0.39 is 11.5 Å². The minimum absolute atomic E-state index is 0.0873. The molecule has 1 unspecified atom stereocenters. The third kappa shape index (κ3) is 2.57. The van der Waals surface area contributed by atoms with Crippen LogP contribution in [0.5, 0.6) is 0 Å². The summed E-state index contributed by atoms with van der Waals surface area (Å²) in [5.74, 6) is -0.0873. The van der Waals surface area contributed by atoms with Crippen LogP contribution in [-0.2, 0) is 4.79 Å². The molecule has 18 heavy (non-hydrogen) atoms. The lowest BCUT2D eigenvalue weighted by molar-refractivity contribution is -0.128. The number of amides is 1. The van der Waals surface area contributed by atoms with Gasteiger partial charge in [-0.15, -0.1) is 0 Å². The molecule has 0 aliphatic heterocycles. The van der Waals surface area contributed by atoms with Crippen molar-refractivity contribution < 1.29 is 9.90 Å². The molecule has 2 rings (SSSR count). The van der Waals surface area contributed by atoms with E-state index in [1.54, 1.807) is 25.3 Å². The summed E-state index contributed by atoms with van der Waals surface area (Å²) in [4.78, 5) is 11.7. The van der Waals surface area contributed by atoms with Gasteiger partial charge in [0.15, 0.2) is 0 Å². The summed E-state index contributed by atoms with van der Waals surface area (Å²) in [6, 6.07) is 7.31. The van der Waals surface area contributed by atoms with Crippen LogP contribution in [-0.4, -0.2) is 24.2 Å². The van der Waals surface area contributed by atoms with Gasteiger partial charge < -0.3 is 10.4 Å². The second kappa shape index (κ2) is 5.12. The monoisotopic (exact) mass is 265 g/mol. The van der Waals surface area contributed by atoms with Crippen LogP contribution in [0.15, 0.2) is 30.3 Å². The smallest absolute Gasteiger partial charge is 0.228 e. The Hall–Kier alpha value is -1.32. The summed E-state index contributed by atoms with van der Waals surface area (Å²) in [6.07, 6.45) is 4.21. The average molecular weight is 266 g/mol. The van der Waals surface area contributed by atoms with Gasteiger partial charge in [-0.3, -0.25) is 4.79 Å². The van der Waals surface area contributed by atoms with E-state index in [9.17, 15) is 9.90 Å². The molecule has 1 aliphatic rings. The maximum absolute atomic E-state index is 11.7. The normalized spacial score (nSPS) is 18.6. The molecule has 96 valence electrons. The van der Waals surface area contributed by atoms with E-state index in [4.69, 9.17) is 11.6 Å². The largest absolute Gasteiger partial charge is 0.388 e. The zero-order valence-electron chi connectivity index (χ0n) is 10.2. The molecule has 0 aromatic heterocycles. The van der Waals surface area contributed by atoms with Crippen LogP contribution in [0.2, 0.25) is 5.02 Å². The standard InChI is InChI=1S/C14H16ClNO2/c1-16-13(18)14(8-9-14)12(17)7-4-10-2-5-11(15)6-3-10/h2-7,12,17H,8-9H2,1H3,(H,16,18)/b7-4+. The van der Waals surface area contributed by atoms with Crippen molar-refractivity contribution in [2.75, 3.05) is 7.05 Å². The van der Waals surface area contributed by atoms with Gasteiger partial charge >= 0.3 is 0 Å². The van der Waals surface area contributed by atoms with Gasteiger partial charge in [0, 0.05) is 12.1 Å². The Morgan fingerprint density at radius 3 is 2.56 bits per heavy atom. The second-order valence-electron chi connectivity index (χ2n) is 4.59. The molecule has 1 aromatic rings. The highest BCUT2D eigenvalue weighted by Gasteiger charge is 2.54. The zero-order chi connectivity index (χ0) is 13.2. The van der Waals surface area contributed by atoms with Crippen LogP contribution in [0.3, 0.4) is 0 Å². The van der Waals surface area contributed by atoms with E-state index in [0.717, 1.165) is 18.4 Å². The molecule has 1 aliphatic carbocycles. The molecular formula is C14H16ClNO2. The molecule has 1 aromatic carbocycles. The van der Waals surface area contributed by atoms with Crippen molar-refractivity contribution in [2.45, 2.75) is 18.9 Å². The lowest BCUT2D eigenvalue weighted by Crippen LogP contribution is -2.36. The van der Waals surface area contributed by atoms with Gasteiger partial charge in [0.25, 0.3) is 0 Å². The van der Waals surface area contributed by atoms with Crippen LogP contribution in [0.4, 0.5) is 0 Å². The van der Waals surface area contributed by atoms with Crippen molar-refractivity contribution in [3.63, 3.8) is 0 Å². The van der Waals surface area contributed by atoms with Gasteiger partial charge in [0.05, 0.1) is 11.5 Å². The van der Waals surface area contributed by atoms with Crippen molar-refractivity contribution in [1.29, 1.82) is 0 Å². The highest BCUT2D eigenvalue weighted by atomic mass is 35.5. The maximum atomic E-state index is 11.7. The molecule has 1 fully saturated rings. The first-order valence-corrected chi connectivity index (χ1v) is 6.30. The molecule has 0 heterocycles. The van der Waals surface area contributed by atoms with E-state index in [1.165, 1.54) is 0 Å². The molecule has 0 spiro atoms. The van der Waals surface area contributed by atoms with Crippen LogP contribution < -0.4 is 5.32 Å². The van der Waals surface area contributed by atoms with E-state index in [1.807, 2.05) is 18.2 Å². The lowest BCUT2D eigenvalue weighted by atomic mass is 9.97. The van der Waals surface area contributed by atoms with Gasteiger partial charge in [-0.1, -0.05) is 35.9 Å². The molecule has 0 saturated heterocycles. The first-order valence-electron chi connectivity index (χ1n) is 5.92. The predicted octanol–water partition coefficient (Wildman–Crippen LogP) is 2.24. The third-order valence-corrected chi connectivity index (χ3v) is 3.63. The summed E-state index contributed by atoms with van der Waals surface area (Å²) >= 11 is 5.79. The van der Waals surface area contributed by atoms with Crippen LogP contribution in [0.1, 0.15) is 18.4 Å². The Morgan fingerprint density at radius 2 is 2.06 bits per heavy atom. The highest BCUT2D eigenvalue weighted by Crippen LogP contribution is 2.49. The van der Waals surface area contributed by atoms with E-state index in [2.05, 4.69) is 5.32 Å². The predicted molar refractivity (Wildman–Crippen MR) is 72.2 cm³/mol. The van der Waals surface area contributed by atoms with Crippen LogP contribution >= 0.6 is 11.6 Å². The van der Waals surface area contributed by atoms with E-state index >= 15 is 0 Å². The molecule has 4 heteroatoms. The Balaban J connectivity index is 2.05. The van der Waals surface area contributed by atoms with E-state index in [0.29, 0.717) is 5.02 Å². The third-order valence-electron chi connectivity index (χ3n) is 3.38. The molecule has 0 bridgehead atoms. The zero-order valence-corrected chi connectivity index (χ0v) is 10.9. The van der Waals surface area contributed by atoms with Crippen molar-refractivity contribution in [2.24, 2.45) is 5.41 Å². The van der Waals surface area contributed by atoms with Gasteiger partial charge in [-0.25, -0.2) is 0 Å². The molecule has 3 nitrogen and oxygen atoms in total. The summed E-state index contributed by atoms with van der Waals surface area (Å²) in [6.45, 7) is 0. The second-order valence-corrected chi connectivity index (χ2v) is 5.03. The minimum atomic E-state index is -0.742. The fourth-order valence-corrected chi connectivity index (χ4v) is 2.13. The van der Waals surface area contributed by atoms with Crippen LogP contribution in [0.25, 0.3) is 6.08 Å². The summed E-state index contributed by atoms with van der Waals surface area (Å²) in [5, 5.41) is 13.4. The van der Waals surface area contributed by atoms with Gasteiger partial charge in [-0.05, 0) is 30.5 Å². The number of rotatable bonds is 4. The summed E-state index contributed by atoms with van der Waals surface area (Å²) in [7, 11) is 1.60. The quantitative estimate of drug-likeness (QED) is 0.877. The molecule has 0 radical (unpaired) electrons. The summed E-state index contributed by atoms with van der Waals surface area (Å²) < 4.78 is 0. The highest BCUT2D eigenvalue weighted by molar-refractivity contribution is 6.30. The number of carbonyl (C=O) groups excluding carboxylic acids is 1. The van der Waals surface area contributed by atoms with Crippen molar-refractivity contribution in [3.05, 3.63) is 40.9 Å². The molecule has 1 atom stereocenters. The SMILES string of the molecule is CNC(=O)C1(C(O)/C=C/c2ccc(Cl)cc2)CC1. The fraction of sp³-hybridized carbons (Fsp3) is 0.357. The number of hydrogen-bond acceptors (Lipinski definition) is 2. The topological polar surface area (TPSA) is 49.3 Å². The van der Waals surface area contributed by atoms with Gasteiger partial charge in [-0.2, -0.15) is 0 Å². The number of carbonyl (C=O) groups is 1. The summed E-state index contributed by atoms with van der Waals surface area (Å²) in [5.41, 5.74) is 0.337. The fourth-order valence-electron chi connectivity index (χ4n) is 2.00. The number of aliphatic hydroxyl groups is 1. The average Bonchev–Trinajstić information content (AvgIpc) is 3.18. The minimum Gasteiger partial charge on any atom is -0.388 e. The van der Waals surface area contributed by atoms with Gasteiger partial charge in [0.1, 0.15) is 0 Å². The van der Waals surface area contributed by atoms with Crippen molar-refractivity contribution in [3.8, 4) is 0 Å². The van der Waals surface area contributed by atoms with E-state index in [-0.39, 0.29) is 5.91 Å². The molecular weight excluding hydrogens is 250 g/mol. The molecule has 1 saturated carbocycles. The first-order chi connectivity index (χ1) is 8.58. The number of nitrogens with one attached hydrogen (secondary N) is 1. The Bertz CT molecular complexity index is 463. The van der Waals surface area contributed by atoms with Gasteiger partial charge in [0.2, 0.25) is 5.91 Å². The Labute approximate surface area is 111 Å². The Morgan fingerprint density at radius 1 is 1.44 bits per heavy atom. The Kier molecular flexibility index (Phi) is 3.73. The molecule has 2 N–H and O–H groups in total. The van der Waals surface area contributed by atoms with Crippen molar-refractivity contribution >= 4 is 23.6 Å². The maximum Gasteiger partial charge on any atom is 0.228 e. The number of aliphatic hydroxyl groups excluding tert-OH is 1. The number of benzene rings is 1. The number of hydrogen-bond donors (Lipinski definition) is 2.